The normalized spacial score (nSPS) is 18.9. The molecule has 0 saturated heterocycles. The van der Waals surface area contributed by atoms with E-state index in [9.17, 15) is 0 Å². The van der Waals surface area contributed by atoms with Crippen LogP contribution in [0.5, 0.6) is 11.5 Å². The third kappa shape index (κ3) is 13.0. The molecule has 36 heavy (non-hydrogen) atoms. The summed E-state index contributed by atoms with van der Waals surface area (Å²) in [6.07, 6.45) is 11.5. The number of hydrogen-bond acceptors (Lipinski definition) is 6. The fourth-order valence-electron chi connectivity index (χ4n) is 4.09. The lowest BCUT2D eigenvalue weighted by atomic mass is 10.1. The van der Waals surface area contributed by atoms with Crippen molar-refractivity contribution >= 4 is 11.4 Å². The van der Waals surface area contributed by atoms with E-state index in [-0.39, 0.29) is 0 Å². The van der Waals surface area contributed by atoms with Crippen LogP contribution in [0.3, 0.4) is 0 Å². The van der Waals surface area contributed by atoms with Crippen molar-refractivity contribution in [2.24, 2.45) is 0 Å². The number of hydrogen-bond donors (Lipinski definition) is 2. The second kappa shape index (κ2) is 18.8. The van der Waals surface area contributed by atoms with Gasteiger partial charge in [-0.3, -0.25) is 0 Å². The SMILES string of the molecule is c1cc2ccc1NCCCCCCCOCCOc1ccc(cc1)NCCCCOCCCCCO2. The molecule has 0 aliphatic carbocycles. The molecule has 0 aromatic heterocycles. The molecule has 2 N–H and O–H groups in total. The molecule has 0 fully saturated rings. The van der Waals surface area contributed by atoms with Crippen LogP contribution in [-0.4, -0.2) is 52.7 Å². The molecule has 2 aromatic carbocycles. The van der Waals surface area contributed by atoms with Gasteiger partial charge >= 0.3 is 0 Å². The Labute approximate surface area is 218 Å². The molecular weight excluding hydrogens is 452 g/mol. The Morgan fingerprint density at radius 3 is 1.44 bits per heavy atom. The number of anilines is 2. The monoisotopic (exact) mass is 498 g/mol. The lowest BCUT2D eigenvalue weighted by Gasteiger charge is -2.10. The van der Waals surface area contributed by atoms with Crippen molar-refractivity contribution < 1.29 is 18.9 Å². The van der Waals surface area contributed by atoms with Gasteiger partial charge in [-0.2, -0.15) is 0 Å². The van der Waals surface area contributed by atoms with Crippen molar-refractivity contribution in [3.63, 3.8) is 0 Å². The van der Waals surface area contributed by atoms with E-state index in [1.54, 1.807) is 0 Å². The maximum absolute atomic E-state index is 5.88. The van der Waals surface area contributed by atoms with Gasteiger partial charge in [-0.05, 0) is 93.5 Å². The van der Waals surface area contributed by atoms with Crippen LogP contribution in [0, 0.1) is 0 Å². The number of benzene rings is 2. The topological polar surface area (TPSA) is 61.0 Å². The van der Waals surface area contributed by atoms with Crippen LogP contribution in [0.15, 0.2) is 48.5 Å². The van der Waals surface area contributed by atoms with Gasteiger partial charge in [0.25, 0.3) is 0 Å². The van der Waals surface area contributed by atoms with E-state index in [2.05, 4.69) is 47.0 Å². The first kappa shape index (κ1) is 28.1. The standard InChI is InChI=1S/C30H46N2O4/c1-2-5-19-31-27-11-15-29(16-12-27)35-24-9-4-8-21-33-23-10-6-20-32-28-13-17-30(18-14-28)36-26-25-34-22-7-3-1/h11-18,31-32H,1-10,19-26H2. The Bertz CT molecular complexity index is 649. The molecule has 0 unspecified atom stereocenters. The molecule has 6 nitrogen and oxygen atoms in total. The molecule has 4 aliphatic heterocycles. The highest BCUT2D eigenvalue weighted by atomic mass is 16.5. The van der Waals surface area contributed by atoms with Gasteiger partial charge in [0.2, 0.25) is 0 Å². The summed E-state index contributed by atoms with van der Waals surface area (Å²) in [5.74, 6) is 1.83. The highest BCUT2D eigenvalue weighted by molar-refractivity contribution is 5.47. The molecule has 200 valence electrons. The highest BCUT2D eigenvalue weighted by Gasteiger charge is 1.99. The fourth-order valence-corrected chi connectivity index (χ4v) is 4.09. The molecule has 4 heterocycles. The highest BCUT2D eigenvalue weighted by Crippen LogP contribution is 2.17. The van der Waals surface area contributed by atoms with E-state index < -0.39 is 0 Å². The summed E-state index contributed by atoms with van der Waals surface area (Å²) in [6, 6.07) is 16.5. The third-order valence-corrected chi connectivity index (χ3v) is 6.25. The van der Waals surface area contributed by atoms with Gasteiger partial charge in [0, 0.05) is 44.3 Å². The Morgan fingerprint density at radius 2 is 0.806 bits per heavy atom. The van der Waals surface area contributed by atoms with Gasteiger partial charge in [-0.25, -0.2) is 0 Å². The Kier molecular flexibility index (Phi) is 14.7. The second-order valence-corrected chi connectivity index (χ2v) is 9.36. The average Bonchev–Trinajstić information content (AvgIpc) is 2.91. The first-order valence-corrected chi connectivity index (χ1v) is 14.0. The molecule has 4 bridgehead atoms. The van der Waals surface area contributed by atoms with Crippen molar-refractivity contribution in [3.8, 4) is 11.5 Å². The third-order valence-electron chi connectivity index (χ3n) is 6.25. The second-order valence-electron chi connectivity index (χ2n) is 9.36. The van der Waals surface area contributed by atoms with Crippen LogP contribution in [0.25, 0.3) is 0 Å². The minimum atomic E-state index is 0.589. The summed E-state index contributed by atoms with van der Waals surface area (Å²) in [5, 5.41) is 6.98. The molecule has 6 heteroatoms. The van der Waals surface area contributed by atoms with Gasteiger partial charge in [-0.15, -0.1) is 0 Å². The molecule has 4 aliphatic rings. The van der Waals surface area contributed by atoms with Gasteiger partial charge in [0.15, 0.2) is 0 Å². The van der Waals surface area contributed by atoms with Crippen LogP contribution < -0.4 is 20.1 Å². The zero-order chi connectivity index (χ0) is 24.9. The van der Waals surface area contributed by atoms with E-state index in [0.29, 0.717) is 13.2 Å². The van der Waals surface area contributed by atoms with Gasteiger partial charge in [-0.1, -0.05) is 19.3 Å². The molecule has 0 atom stereocenters. The van der Waals surface area contributed by atoms with Crippen molar-refractivity contribution in [1.82, 2.24) is 0 Å². The lowest BCUT2D eigenvalue weighted by molar-refractivity contribution is 0.0971. The Morgan fingerprint density at radius 1 is 0.389 bits per heavy atom. The smallest absolute Gasteiger partial charge is 0.119 e. The van der Waals surface area contributed by atoms with Gasteiger partial charge in [0.05, 0.1) is 13.2 Å². The van der Waals surface area contributed by atoms with Crippen LogP contribution in [0.2, 0.25) is 0 Å². The predicted octanol–water partition coefficient (Wildman–Crippen LogP) is 6.92. The zero-order valence-corrected chi connectivity index (χ0v) is 22.0. The van der Waals surface area contributed by atoms with Crippen molar-refractivity contribution in [1.29, 1.82) is 0 Å². The van der Waals surface area contributed by atoms with E-state index in [0.717, 1.165) is 101 Å². The largest absolute Gasteiger partial charge is 0.494 e. The molecule has 6 rings (SSSR count). The Hall–Kier alpha value is -2.44. The minimum Gasteiger partial charge on any atom is -0.494 e. The minimum absolute atomic E-state index is 0.589. The maximum atomic E-state index is 5.88. The molecule has 0 spiro atoms. The number of ether oxygens (including phenoxy) is 4. The molecule has 2 aromatic rings. The molecular formula is C30H46N2O4. The van der Waals surface area contributed by atoms with Crippen LogP contribution in [0.4, 0.5) is 11.4 Å². The average molecular weight is 499 g/mol. The first-order valence-electron chi connectivity index (χ1n) is 14.0. The van der Waals surface area contributed by atoms with Crippen LogP contribution >= 0.6 is 0 Å². The Balaban J connectivity index is 1.33. The van der Waals surface area contributed by atoms with E-state index in [4.69, 9.17) is 18.9 Å². The predicted molar refractivity (Wildman–Crippen MR) is 149 cm³/mol. The number of rotatable bonds is 0. The summed E-state index contributed by atoms with van der Waals surface area (Å²) >= 11 is 0. The fraction of sp³-hybridized carbons (Fsp3) is 0.600. The quantitative estimate of drug-likeness (QED) is 0.411. The summed E-state index contributed by atoms with van der Waals surface area (Å²) in [7, 11) is 0. The first-order chi connectivity index (χ1) is 17.9. The van der Waals surface area contributed by atoms with E-state index in [1.807, 2.05) is 12.1 Å². The van der Waals surface area contributed by atoms with Crippen LogP contribution in [-0.2, 0) is 9.47 Å². The maximum Gasteiger partial charge on any atom is 0.119 e. The molecule has 0 amide bonds. The van der Waals surface area contributed by atoms with Crippen molar-refractivity contribution in [2.45, 2.75) is 64.2 Å². The van der Waals surface area contributed by atoms with E-state index >= 15 is 0 Å². The summed E-state index contributed by atoms with van der Waals surface area (Å²) in [4.78, 5) is 0. The summed E-state index contributed by atoms with van der Waals surface area (Å²) < 4.78 is 23.2. The van der Waals surface area contributed by atoms with Crippen molar-refractivity contribution in [2.75, 3.05) is 63.4 Å². The summed E-state index contributed by atoms with van der Waals surface area (Å²) in [6.45, 7) is 6.41. The van der Waals surface area contributed by atoms with Crippen LogP contribution in [0.1, 0.15) is 64.2 Å². The molecule has 0 radical (unpaired) electrons. The van der Waals surface area contributed by atoms with Gasteiger partial charge in [0.1, 0.15) is 18.1 Å². The zero-order valence-electron chi connectivity index (χ0n) is 22.0. The number of nitrogens with one attached hydrogen (secondary N) is 2. The van der Waals surface area contributed by atoms with E-state index in [1.165, 1.54) is 25.7 Å². The van der Waals surface area contributed by atoms with Crippen molar-refractivity contribution in [3.05, 3.63) is 48.5 Å². The summed E-state index contributed by atoms with van der Waals surface area (Å²) in [5.41, 5.74) is 2.28. The lowest BCUT2D eigenvalue weighted by Crippen LogP contribution is -2.08. The molecule has 0 saturated carbocycles. The van der Waals surface area contributed by atoms with Gasteiger partial charge < -0.3 is 29.6 Å².